The summed E-state index contributed by atoms with van der Waals surface area (Å²) in [6.45, 7) is 0.230. The predicted molar refractivity (Wildman–Crippen MR) is 92.4 cm³/mol. The molecule has 9 heteroatoms. The molecule has 0 radical (unpaired) electrons. The van der Waals surface area contributed by atoms with Crippen molar-refractivity contribution in [2.75, 3.05) is 7.11 Å². The van der Waals surface area contributed by atoms with Crippen molar-refractivity contribution in [1.82, 2.24) is 35.2 Å². The number of ether oxygens (including phenoxy) is 1. The first-order valence-corrected chi connectivity index (χ1v) is 8.43. The van der Waals surface area contributed by atoms with E-state index < -0.39 is 0 Å². The van der Waals surface area contributed by atoms with E-state index in [2.05, 4.69) is 30.7 Å². The Morgan fingerprint density at radius 3 is 2.96 bits per heavy atom. The fourth-order valence-electron chi connectivity index (χ4n) is 2.80. The van der Waals surface area contributed by atoms with Gasteiger partial charge >= 0.3 is 6.03 Å². The Morgan fingerprint density at radius 2 is 2.27 bits per heavy atom. The van der Waals surface area contributed by atoms with E-state index in [1.165, 1.54) is 0 Å². The molecule has 0 aliphatic heterocycles. The third kappa shape index (κ3) is 3.56. The van der Waals surface area contributed by atoms with E-state index in [1.807, 2.05) is 6.07 Å². The lowest BCUT2D eigenvalue weighted by Gasteiger charge is -2.18. The van der Waals surface area contributed by atoms with Crippen LogP contribution in [0.5, 0.6) is 5.88 Å². The van der Waals surface area contributed by atoms with Crippen molar-refractivity contribution in [3.05, 3.63) is 48.2 Å². The number of nitrogens with zero attached hydrogens (tertiary/aromatic N) is 5. The second-order valence-electron chi connectivity index (χ2n) is 6.17. The van der Waals surface area contributed by atoms with Gasteiger partial charge in [0.25, 0.3) is 5.78 Å². The van der Waals surface area contributed by atoms with Crippen LogP contribution in [0, 0.1) is 5.92 Å². The molecule has 0 bridgehead atoms. The fourth-order valence-corrected chi connectivity index (χ4v) is 2.80. The maximum absolute atomic E-state index is 12.3. The largest absolute Gasteiger partial charge is 0.481 e. The lowest BCUT2D eigenvalue weighted by Crippen LogP contribution is -2.38. The molecule has 1 fully saturated rings. The second-order valence-corrected chi connectivity index (χ2v) is 6.17. The molecule has 4 rings (SSSR count). The van der Waals surface area contributed by atoms with Crippen molar-refractivity contribution < 1.29 is 9.53 Å². The molecule has 1 atom stereocenters. The number of hydrogen-bond acceptors (Lipinski definition) is 6. The van der Waals surface area contributed by atoms with Gasteiger partial charge in [-0.25, -0.2) is 19.3 Å². The molecule has 2 amide bonds. The maximum atomic E-state index is 12.3. The molecule has 3 aromatic heterocycles. The van der Waals surface area contributed by atoms with E-state index in [0.29, 0.717) is 23.4 Å². The van der Waals surface area contributed by atoms with Crippen molar-refractivity contribution in [2.24, 2.45) is 5.92 Å². The van der Waals surface area contributed by atoms with Crippen molar-refractivity contribution in [3.63, 3.8) is 0 Å². The number of urea groups is 1. The average molecular weight is 353 g/mol. The SMILES string of the molecule is COc1ccc(C(NC(=O)NCc2nc3ncccn3n2)C2CC2)cn1. The Kier molecular flexibility index (Phi) is 4.34. The van der Waals surface area contributed by atoms with Crippen LogP contribution in [0.1, 0.15) is 30.3 Å². The molecule has 0 spiro atoms. The maximum Gasteiger partial charge on any atom is 0.315 e. The third-order valence-corrected chi connectivity index (χ3v) is 4.28. The molecule has 9 nitrogen and oxygen atoms in total. The smallest absolute Gasteiger partial charge is 0.315 e. The summed E-state index contributed by atoms with van der Waals surface area (Å²) in [7, 11) is 1.58. The van der Waals surface area contributed by atoms with Crippen LogP contribution in [0.25, 0.3) is 5.78 Å². The summed E-state index contributed by atoms with van der Waals surface area (Å²) in [5.41, 5.74) is 0.971. The van der Waals surface area contributed by atoms with Gasteiger partial charge in [-0.15, -0.1) is 5.10 Å². The molecule has 134 valence electrons. The van der Waals surface area contributed by atoms with Crippen molar-refractivity contribution >= 4 is 11.8 Å². The van der Waals surface area contributed by atoms with Crippen LogP contribution in [0.4, 0.5) is 4.79 Å². The normalized spacial score (nSPS) is 14.8. The molecule has 26 heavy (non-hydrogen) atoms. The molecule has 0 aromatic carbocycles. The molecule has 1 aliphatic carbocycles. The molecule has 2 N–H and O–H groups in total. The van der Waals surface area contributed by atoms with Crippen LogP contribution in [0.15, 0.2) is 36.8 Å². The summed E-state index contributed by atoms with van der Waals surface area (Å²) in [4.78, 5) is 24.9. The van der Waals surface area contributed by atoms with E-state index in [4.69, 9.17) is 4.74 Å². The minimum atomic E-state index is -0.260. The highest BCUT2D eigenvalue weighted by Gasteiger charge is 2.33. The standard InChI is InChI=1S/C17H19N7O2/c1-26-14-6-5-12(9-19-14)15(11-3-4-11)22-17(25)20-10-13-21-16-18-7-2-8-24(16)23-13/h2,5-9,11,15H,3-4,10H2,1H3,(H2,20,22,25). The number of hydrogen-bond donors (Lipinski definition) is 2. The summed E-state index contributed by atoms with van der Waals surface area (Å²) in [5.74, 6) is 2.01. The Labute approximate surface area is 149 Å². The van der Waals surface area contributed by atoms with E-state index in [-0.39, 0.29) is 18.6 Å². The summed E-state index contributed by atoms with van der Waals surface area (Å²) < 4.78 is 6.66. The molecule has 1 saturated carbocycles. The monoisotopic (exact) mass is 353 g/mol. The number of pyridine rings is 1. The summed E-state index contributed by atoms with van der Waals surface area (Å²) in [6, 6.07) is 5.19. The number of methoxy groups -OCH3 is 1. The molecule has 3 aromatic rings. The zero-order valence-corrected chi connectivity index (χ0v) is 14.3. The summed E-state index contributed by atoms with van der Waals surface area (Å²) in [5, 5.41) is 10.1. The topological polar surface area (TPSA) is 106 Å². The van der Waals surface area contributed by atoms with E-state index in [9.17, 15) is 4.79 Å². The Balaban J connectivity index is 1.38. The van der Waals surface area contributed by atoms with Crippen LogP contribution < -0.4 is 15.4 Å². The number of rotatable bonds is 6. The Morgan fingerprint density at radius 1 is 1.38 bits per heavy atom. The number of amides is 2. The first-order chi connectivity index (χ1) is 12.7. The Bertz CT molecular complexity index is 872. The number of nitrogens with one attached hydrogen (secondary N) is 2. The van der Waals surface area contributed by atoms with E-state index in [1.54, 1.807) is 42.3 Å². The van der Waals surface area contributed by atoms with Crippen LogP contribution in [0.2, 0.25) is 0 Å². The van der Waals surface area contributed by atoms with Gasteiger partial charge < -0.3 is 15.4 Å². The molecule has 1 unspecified atom stereocenters. The highest BCUT2D eigenvalue weighted by molar-refractivity contribution is 5.74. The third-order valence-electron chi connectivity index (χ3n) is 4.28. The number of fused-ring (bicyclic) bond motifs is 1. The highest BCUT2D eigenvalue weighted by Crippen LogP contribution is 2.40. The molecule has 0 saturated heterocycles. The zero-order valence-electron chi connectivity index (χ0n) is 14.3. The zero-order chi connectivity index (χ0) is 17.9. The van der Waals surface area contributed by atoms with Gasteiger partial charge in [0, 0.05) is 24.7 Å². The van der Waals surface area contributed by atoms with E-state index in [0.717, 1.165) is 18.4 Å². The van der Waals surface area contributed by atoms with Gasteiger partial charge in [0.1, 0.15) is 0 Å². The highest BCUT2D eigenvalue weighted by atomic mass is 16.5. The average Bonchev–Trinajstić information content (AvgIpc) is 3.43. The molecule has 1 aliphatic rings. The van der Waals surface area contributed by atoms with Gasteiger partial charge in [0.15, 0.2) is 5.82 Å². The first-order valence-electron chi connectivity index (χ1n) is 8.43. The lowest BCUT2D eigenvalue weighted by atomic mass is 10.0. The molecule has 3 heterocycles. The van der Waals surface area contributed by atoms with Crippen molar-refractivity contribution in [3.8, 4) is 5.88 Å². The van der Waals surface area contributed by atoms with Crippen LogP contribution in [-0.2, 0) is 6.54 Å². The van der Waals surface area contributed by atoms with Gasteiger partial charge in [0.2, 0.25) is 5.88 Å². The minimum Gasteiger partial charge on any atom is -0.481 e. The van der Waals surface area contributed by atoms with Gasteiger partial charge in [-0.2, -0.15) is 4.98 Å². The quantitative estimate of drug-likeness (QED) is 0.695. The first kappa shape index (κ1) is 16.2. The molecular weight excluding hydrogens is 334 g/mol. The minimum absolute atomic E-state index is 0.0656. The number of aromatic nitrogens is 5. The lowest BCUT2D eigenvalue weighted by molar-refractivity contribution is 0.235. The molecular formula is C17H19N7O2. The van der Waals surface area contributed by atoms with Crippen LogP contribution >= 0.6 is 0 Å². The van der Waals surface area contributed by atoms with E-state index >= 15 is 0 Å². The fraction of sp³-hybridized carbons (Fsp3) is 0.353. The second kappa shape index (κ2) is 6.95. The van der Waals surface area contributed by atoms with Crippen LogP contribution in [0.3, 0.4) is 0 Å². The number of carbonyl (C=O) groups excluding carboxylic acids is 1. The van der Waals surface area contributed by atoms with Crippen LogP contribution in [-0.4, -0.2) is 37.7 Å². The van der Waals surface area contributed by atoms with Gasteiger partial charge in [-0.3, -0.25) is 0 Å². The predicted octanol–water partition coefficient (Wildman–Crippen LogP) is 1.48. The van der Waals surface area contributed by atoms with Gasteiger partial charge in [-0.1, -0.05) is 6.07 Å². The summed E-state index contributed by atoms with van der Waals surface area (Å²) in [6.07, 6.45) is 7.35. The van der Waals surface area contributed by atoms with Crippen molar-refractivity contribution in [1.29, 1.82) is 0 Å². The Hall–Kier alpha value is -3.23. The number of carbonyl (C=O) groups is 1. The van der Waals surface area contributed by atoms with Gasteiger partial charge in [-0.05, 0) is 30.4 Å². The summed E-state index contributed by atoms with van der Waals surface area (Å²) >= 11 is 0. The van der Waals surface area contributed by atoms with Gasteiger partial charge in [0.05, 0.1) is 19.7 Å². The van der Waals surface area contributed by atoms with Crippen molar-refractivity contribution in [2.45, 2.75) is 25.4 Å².